The van der Waals surface area contributed by atoms with Crippen LogP contribution in [0.15, 0.2) is 54.1 Å². The number of hydrogen-bond donors (Lipinski definition) is 0. The van der Waals surface area contributed by atoms with Crippen LogP contribution in [0, 0.1) is 0 Å². The summed E-state index contributed by atoms with van der Waals surface area (Å²) >= 11 is 0. The van der Waals surface area contributed by atoms with Crippen LogP contribution in [0.3, 0.4) is 0 Å². The molecule has 1 aliphatic heterocycles. The van der Waals surface area contributed by atoms with Crippen LogP contribution in [0.5, 0.6) is 0 Å². The molecule has 1 heterocycles. The summed E-state index contributed by atoms with van der Waals surface area (Å²) in [6, 6.07) is 14.7. The van der Waals surface area contributed by atoms with Crippen LogP contribution in [0.25, 0.3) is 5.76 Å². The van der Waals surface area contributed by atoms with E-state index in [1.165, 1.54) is 0 Å². The molecule has 1 aliphatic carbocycles. The van der Waals surface area contributed by atoms with Gasteiger partial charge in [0.2, 0.25) is 0 Å². The van der Waals surface area contributed by atoms with Gasteiger partial charge >= 0.3 is 5.97 Å². The summed E-state index contributed by atoms with van der Waals surface area (Å²) in [6.45, 7) is 0. The molecule has 0 fully saturated rings. The molecule has 2 aromatic carbocycles. The zero-order valence-electron chi connectivity index (χ0n) is 10.6. The standard InChI is InChI=1S/C17H10O3/c18-15-11-6-2-1-5-10(11)9-14(15)16-12-7-3-4-8-13(12)17(19)20-16/h1-8H,9H2/b16-14+. The largest absolute Gasteiger partial charge is 0.422 e. The zero-order chi connectivity index (χ0) is 13.7. The smallest absolute Gasteiger partial charge is 0.344 e. The van der Waals surface area contributed by atoms with E-state index in [1.54, 1.807) is 12.1 Å². The third-order valence-electron chi connectivity index (χ3n) is 3.76. The second-order valence-electron chi connectivity index (χ2n) is 4.91. The van der Waals surface area contributed by atoms with Gasteiger partial charge in [-0.2, -0.15) is 0 Å². The number of allylic oxidation sites excluding steroid dienone is 1. The molecule has 3 heteroatoms. The molecular formula is C17H10O3. The molecule has 2 aromatic rings. The fourth-order valence-corrected chi connectivity index (χ4v) is 2.80. The van der Waals surface area contributed by atoms with E-state index < -0.39 is 0 Å². The average molecular weight is 262 g/mol. The number of Topliss-reactive ketones (excluding diaryl/α,β-unsaturated/α-hetero) is 1. The van der Waals surface area contributed by atoms with E-state index >= 15 is 0 Å². The Kier molecular flexibility index (Phi) is 2.18. The van der Waals surface area contributed by atoms with Crippen molar-refractivity contribution in [3.63, 3.8) is 0 Å². The molecule has 0 atom stereocenters. The highest BCUT2D eigenvalue weighted by molar-refractivity contribution is 6.19. The van der Waals surface area contributed by atoms with Crippen molar-refractivity contribution >= 4 is 17.5 Å². The van der Waals surface area contributed by atoms with Crippen LogP contribution in [0.2, 0.25) is 0 Å². The molecule has 20 heavy (non-hydrogen) atoms. The number of esters is 1. The maximum Gasteiger partial charge on any atom is 0.344 e. The molecule has 2 aliphatic rings. The lowest BCUT2D eigenvalue weighted by Crippen LogP contribution is -2.00. The number of ketones is 1. The van der Waals surface area contributed by atoms with Crippen molar-refractivity contribution < 1.29 is 14.3 Å². The number of benzene rings is 2. The van der Waals surface area contributed by atoms with Gasteiger partial charge in [0.15, 0.2) is 5.78 Å². The molecule has 0 saturated carbocycles. The Morgan fingerprint density at radius 2 is 1.45 bits per heavy atom. The molecule has 0 saturated heterocycles. The predicted molar refractivity (Wildman–Crippen MR) is 73.3 cm³/mol. The van der Waals surface area contributed by atoms with Crippen molar-refractivity contribution in [2.24, 2.45) is 0 Å². The van der Waals surface area contributed by atoms with Gasteiger partial charge in [0.1, 0.15) is 5.76 Å². The summed E-state index contributed by atoms with van der Waals surface area (Å²) in [5, 5.41) is 0. The van der Waals surface area contributed by atoms with E-state index in [4.69, 9.17) is 4.74 Å². The van der Waals surface area contributed by atoms with Crippen LogP contribution in [-0.2, 0) is 11.2 Å². The summed E-state index contributed by atoms with van der Waals surface area (Å²) in [5.41, 5.74) is 3.51. The van der Waals surface area contributed by atoms with Crippen molar-refractivity contribution in [1.82, 2.24) is 0 Å². The number of fused-ring (bicyclic) bond motifs is 2. The van der Waals surface area contributed by atoms with Crippen molar-refractivity contribution in [2.45, 2.75) is 6.42 Å². The lowest BCUT2D eigenvalue weighted by atomic mass is 10.0. The van der Waals surface area contributed by atoms with E-state index in [0.29, 0.717) is 34.4 Å². The number of cyclic esters (lactones) is 1. The molecule has 0 radical (unpaired) electrons. The third kappa shape index (κ3) is 1.40. The van der Waals surface area contributed by atoms with E-state index in [9.17, 15) is 9.59 Å². The Hall–Kier alpha value is -2.68. The maximum atomic E-state index is 12.5. The SMILES string of the molecule is O=C1/C(=C2/OC(=O)c3ccccc32)Cc2ccccc21. The summed E-state index contributed by atoms with van der Waals surface area (Å²) in [7, 11) is 0. The van der Waals surface area contributed by atoms with Crippen molar-refractivity contribution in [3.05, 3.63) is 76.4 Å². The predicted octanol–water partition coefficient (Wildman–Crippen LogP) is 3.01. The summed E-state index contributed by atoms with van der Waals surface area (Å²) in [5.74, 6) is -0.00115. The zero-order valence-corrected chi connectivity index (χ0v) is 10.6. The lowest BCUT2D eigenvalue weighted by Gasteiger charge is -2.02. The number of ether oxygens (including phenoxy) is 1. The molecule has 0 amide bonds. The highest BCUT2D eigenvalue weighted by atomic mass is 16.5. The van der Waals surface area contributed by atoms with Crippen LogP contribution in [0.4, 0.5) is 0 Å². The first-order valence-corrected chi connectivity index (χ1v) is 6.43. The van der Waals surface area contributed by atoms with Gasteiger partial charge in [0.05, 0.1) is 5.56 Å². The molecule has 0 spiro atoms. The van der Waals surface area contributed by atoms with Crippen molar-refractivity contribution in [3.8, 4) is 0 Å². The highest BCUT2D eigenvalue weighted by Gasteiger charge is 2.34. The van der Waals surface area contributed by atoms with Gasteiger partial charge in [-0.1, -0.05) is 42.5 Å². The lowest BCUT2D eigenvalue weighted by molar-refractivity contribution is 0.0714. The van der Waals surface area contributed by atoms with E-state index in [-0.39, 0.29) is 11.8 Å². The monoisotopic (exact) mass is 262 g/mol. The van der Waals surface area contributed by atoms with Crippen LogP contribution >= 0.6 is 0 Å². The average Bonchev–Trinajstić information content (AvgIpc) is 2.99. The molecule has 0 aromatic heterocycles. The minimum atomic E-state index is -0.383. The summed E-state index contributed by atoms with van der Waals surface area (Å²) in [6.07, 6.45) is 0.520. The van der Waals surface area contributed by atoms with Gasteiger partial charge in [-0.05, 0) is 11.6 Å². The fourth-order valence-electron chi connectivity index (χ4n) is 2.80. The van der Waals surface area contributed by atoms with Gasteiger partial charge in [-0.3, -0.25) is 4.79 Å². The van der Waals surface area contributed by atoms with Gasteiger partial charge in [0.25, 0.3) is 0 Å². The molecule has 0 N–H and O–H groups in total. The van der Waals surface area contributed by atoms with Gasteiger partial charge in [0, 0.05) is 23.1 Å². The van der Waals surface area contributed by atoms with Gasteiger partial charge in [-0.25, -0.2) is 4.79 Å². The Bertz CT molecular complexity index is 799. The number of rotatable bonds is 0. The van der Waals surface area contributed by atoms with Crippen LogP contribution < -0.4 is 0 Å². The first-order chi connectivity index (χ1) is 9.75. The molecule has 3 nitrogen and oxygen atoms in total. The number of hydrogen-bond acceptors (Lipinski definition) is 3. The van der Waals surface area contributed by atoms with Gasteiger partial charge in [-0.15, -0.1) is 0 Å². The first-order valence-electron chi connectivity index (χ1n) is 6.43. The van der Waals surface area contributed by atoms with Crippen molar-refractivity contribution in [2.75, 3.05) is 0 Å². The molecule has 96 valence electrons. The quantitative estimate of drug-likeness (QED) is 0.541. The Morgan fingerprint density at radius 3 is 2.20 bits per heavy atom. The summed E-state index contributed by atoms with van der Waals surface area (Å²) in [4.78, 5) is 24.3. The number of carbonyl (C=O) groups is 2. The Labute approximate surface area is 115 Å². The fraction of sp³-hybridized carbons (Fsp3) is 0.0588. The topological polar surface area (TPSA) is 43.4 Å². The second-order valence-corrected chi connectivity index (χ2v) is 4.91. The van der Waals surface area contributed by atoms with E-state index in [0.717, 1.165) is 5.56 Å². The highest BCUT2D eigenvalue weighted by Crippen LogP contribution is 2.37. The minimum Gasteiger partial charge on any atom is -0.422 e. The summed E-state index contributed by atoms with van der Waals surface area (Å²) < 4.78 is 5.34. The maximum absolute atomic E-state index is 12.5. The third-order valence-corrected chi connectivity index (χ3v) is 3.76. The second kappa shape index (κ2) is 3.90. The van der Waals surface area contributed by atoms with Crippen molar-refractivity contribution in [1.29, 1.82) is 0 Å². The Morgan fingerprint density at radius 1 is 0.800 bits per heavy atom. The molecule has 0 bridgehead atoms. The van der Waals surface area contributed by atoms with E-state index in [2.05, 4.69) is 0 Å². The minimum absolute atomic E-state index is 0.0416. The molecule has 4 rings (SSSR count). The molecular weight excluding hydrogens is 252 g/mol. The van der Waals surface area contributed by atoms with Crippen LogP contribution in [0.1, 0.15) is 31.8 Å². The normalized spacial score (nSPS) is 19.8. The van der Waals surface area contributed by atoms with E-state index in [1.807, 2.05) is 36.4 Å². The van der Waals surface area contributed by atoms with Crippen LogP contribution in [-0.4, -0.2) is 11.8 Å². The Balaban J connectivity index is 1.92. The first kappa shape index (κ1) is 11.2. The molecule has 0 unspecified atom stereocenters. The number of carbonyl (C=O) groups excluding carboxylic acids is 2. The van der Waals surface area contributed by atoms with Gasteiger partial charge < -0.3 is 4.74 Å².